The highest BCUT2D eigenvalue weighted by Gasteiger charge is 2.13. The van der Waals surface area contributed by atoms with Crippen molar-refractivity contribution in [3.05, 3.63) is 52.1 Å². The number of carbonyl (C=O) groups excluding carboxylic acids is 1. The lowest BCUT2D eigenvalue weighted by atomic mass is 10.3. The topological polar surface area (TPSA) is 73.2 Å². The molecule has 6 nitrogen and oxygen atoms in total. The summed E-state index contributed by atoms with van der Waals surface area (Å²) in [6.07, 6.45) is 1.47. The Hall–Kier alpha value is -2.63. The van der Waals surface area contributed by atoms with E-state index in [1.165, 1.54) is 23.9 Å². The van der Waals surface area contributed by atoms with Gasteiger partial charge in [-0.15, -0.1) is 0 Å². The maximum absolute atomic E-state index is 12.1. The molecule has 2 rings (SSSR count). The fourth-order valence-corrected chi connectivity index (χ4v) is 1.78. The van der Waals surface area contributed by atoms with Gasteiger partial charge >= 0.3 is 0 Å². The van der Waals surface area contributed by atoms with E-state index in [4.69, 9.17) is 4.74 Å². The first-order chi connectivity index (χ1) is 9.51. The minimum Gasteiger partial charge on any atom is -0.491 e. The fourth-order valence-electron chi connectivity index (χ4n) is 1.78. The van der Waals surface area contributed by atoms with Crippen LogP contribution in [0.25, 0.3) is 0 Å². The van der Waals surface area contributed by atoms with Crippen molar-refractivity contribution in [3.8, 4) is 5.75 Å². The standard InChI is InChI=1S/C14H15N3O3/c1-9-5-4-6-13(15-9)16-14(19)10-7-11(18)12(20-3)8-17(10)2/h4-8H,1-3H3,(H,15,16,19). The van der Waals surface area contributed by atoms with E-state index in [9.17, 15) is 9.59 Å². The van der Waals surface area contributed by atoms with Crippen LogP contribution in [0.2, 0.25) is 0 Å². The minimum atomic E-state index is -0.398. The van der Waals surface area contributed by atoms with Gasteiger partial charge in [-0.25, -0.2) is 4.98 Å². The molecule has 2 aromatic heterocycles. The van der Waals surface area contributed by atoms with E-state index >= 15 is 0 Å². The van der Waals surface area contributed by atoms with Gasteiger partial charge in [-0.3, -0.25) is 9.59 Å². The maximum atomic E-state index is 12.1. The highest BCUT2D eigenvalue weighted by Crippen LogP contribution is 2.09. The summed E-state index contributed by atoms with van der Waals surface area (Å²) in [4.78, 5) is 28.0. The second-order valence-corrected chi connectivity index (χ2v) is 4.32. The van der Waals surface area contributed by atoms with E-state index in [0.29, 0.717) is 5.82 Å². The van der Waals surface area contributed by atoms with Gasteiger partial charge in [0.05, 0.1) is 13.3 Å². The third-order valence-corrected chi connectivity index (χ3v) is 2.78. The zero-order valence-corrected chi connectivity index (χ0v) is 11.5. The smallest absolute Gasteiger partial charge is 0.273 e. The Balaban J connectivity index is 2.30. The molecule has 1 amide bonds. The molecule has 1 N–H and O–H groups in total. The van der Waals surface area contributed by atoms with Gasteiger partial charge in [-0.1, -0.05) is 6.07 Å². The van der Waals surface area contributed by atoms with E-state index in [1.54, 1.807) is 19.2 Å². The van der Waals surface area contributed by atoms with Crippen molar-refractivity contribution in [1.82, 2.24) is 9.55 Å². The van der Waals surface area contributed by atoms with Crippen molar-refractivity contribution >= 4 is 11.7 Å². The number of hydrogen-bond donors (Lipinski definition) is 1. The normalized spacial score (nSPS) is 10.2. The number of nitrogens with one attached hydrogen (secondary N) is 1. The van der Waals surface area contributed by atoms with E-state index in [0.717, 1.165) is 5.69 Å². The average molecular weight is 273 g/mol. The van der Waals surface area contributed by atoms with E-state index in [-0.39, 0.29) is 16.9 Å². The van der Waals surface area contributed by atoms with E-state index in [2.05, 4.69) is 10.3 Å². The van der Waals surface area contributed by atoms with Gasteiger partial charge in [0.15, 0.2) is 5.75 Å². The van der Waals surface area contributed by atoms with Gasteiger partial charge in [-0.05, 0) is 19.1 Å². The van der Waals surface area contributed by atoms with Gasteiger partial charge in [-0.2, -0.15) is 0 Å². The summed E-state index contributed by atoms with van der Waals surface area (Å²) in [5.41, 5.74) is 0.693. The van der Waals surface area contributed by atoms with Crippen molar-refractivity contribution in [3.63, 3.8) is 0 Å². The molecule has 20 heavy (non-hydrogen) atoms. The van der Waals surface area contributed by atoms with E-state index < -0.39 is 5.91 Å². The predicted octanol–water partition coefficient (Wildman–Crippen LogP) is 1.35. The number of carbonyl (C=O) groups is 1. The lowest BCUT2D eigenvalue weighted by Crippen LogP contribution is -2.21. The van der Waals surface area contributed by atoms with Crippen LogP contribution in [-0.4, -0.2) is 22.6 Å². The molecule has 0 saturated heterocycles. The summed E-state index contributed by atoms with van der Waals surface area (Å²) in [7, 11) is 3.08. The number of pyridine rings is 2. The monoisotopic (exact) mass is 273 g/mol. The summed E-state index contributed by atoms with van der Waals surface area (Å²) < 4.78 is 6.45. The van der Waals surface area contributed by atoms with E-state index in [1.807, 2.05) is 13.0 Å². The summed E-state index contributed by atoms with van der Waals surface area (Å²) in [5.74, 6) is 0.237. The molecule has 0 aliphatic rings. The highest BCUT2D eigenvalue weighted by atomic mass is 16.5. The number of hydrogen-bond acceptors (Lipinski definition) is 4. The van der Waals surface area contributed by atoms with Gasteiger partial charge in [0.2, 0.25) is 5.43 Å². The van der Waals surface area contributed by atoms with Crippen LogP contribution in [0.1, 0.15) is 16.2 Å². The highest BCUT2D eigenvalue weighted by molar-refractivity contribution is 6.02. The molecule has 104 valence electrons. The molecule has 0 spiro atoms. The first kappa shape index (κ1) is 13.8. The summed E-state index contributed by atoms with van der Waals surface area (Å²) in [6.45, 7) is 1.83. The molecule has 0 bridgehead atoms. The van der Waals surface area contributed by atoms with Crippen molar-refractivity contribution in [2.24, 2.45) is 7.05 Å². The third kappa shape index (κ3) is 2.85. The van der Waals surface area contributed by atoms with Crippen LogP contribution in [0, 0.1) is 6.92 Å². The molecule has 0 aliphatic heterocycles. The van der Waals surface area contributed by atoms with Gasteiger partial charge in [0.1, 0.15) is 11.5 Å². The average Bonchev–Trinajstić information content (AvgIpc) is 2.40. The largest absolute Gasteiger partial charge is 0.491 e. The number of nitrogens with zero attached hydrogens (tertiary/aromatic N) is 2. The fraction of sp³-hybridized carbons (Fsp3) is 0.214. The van der Waals surface area contributed by atoms with Crippen LogP contribution in [0.4, 0.5) is 5.82 Å². The predicted molar refractivity (Wildman–Crippen MR) is 75.2 cm³/mol. The molecule has 0 unspecified atom stereocenters. The number of amides is 1. The Morgan fingerprint density at radius 3 is 2.80 bits per heavy atom. The third-order valence-electron chi connectivity index (χ3n) is 2.78. The Morgan fingerprint density at radius 1 is 1.40 bits per heavy atom. The molecular formula is C14H15N3O3. The van der Waals surface area contributed by atoms with Gasteiger partial charge in [0, 0.05) is 18.8 Å². The van der Waals surface area contributed by atoms with Crippen molar-refractivity contribution < 1.29 is 9.53 Å². The van der Waals surface area contributed by atoms with Crippen LogP contribution in [0.15, 0.2) is 35.3 Å². The first-order valence-electron chi connectivity index (χ1n) is 6.01. The van der Waals surface area contributed by atoms with Crippen LogP contribution in [0.3, 0.4) is 0 Å². The lowest BCUT2D eigenvalue weighted by Gasteiger charge is -2.10. The van der Waals surface area contributed by atoms with Crippen molar-refractivity contribution in [2.75, 3.05) is 12.4 Å². The lowest BCUT2D eigenvalue weighted by molar-refractivity contribution is 0.101. The zero-order valence-electron chi connectivity index (χ0n) is 11.5. The molecule has 0 radical (unpaired) electrons. The summed E-state index contributed by atoms with van der Waals surface area (Å²) in [6, 6.07) is 6.56. The van der Waals surface area contributed by atoms with Crippen LogP contribution >= 0.6 is 0 Å². The number of rotatable bonds is 3. The summed E-state index contributed by atoms with van der Waals surface area (Å²) in [5, 5.41) is 2.65. The molecule has 2 aromatic rings. The Kier molecular flexibility index (Phi) is 3.84. The number of ether oxygens (including phenoxy) is 1. The first-order valence-corrected chi connectivity index (χ1v) is 6.01. The molecular weight excluding hydrogens is 258 g/mol. The van der Waals surface area contributed by atoms with Crippen LogP contribution < -0.4 is 15.5 Å². The number of anilines is 1. The van der Waals surface area contributed by atoms with Crippen LogP contribution in [0.5, 0.6) is 5.75 Å². The quantitative estimate of drug-likeness (QED) is 0.916. The molecule has 0 fully saturated rings. The molecule has 0 aliphatic carbocycles. The Labute approximate surface area is 116 Å². The maximum Gasteiger partial charge on any atom is 0.273 e. The Morgan fingerprint density at radius 2 is 2.15 bits per heavy atom. The SMILES string of the molecule is COc1cn(C)c(C(=O)Nc2cccc(C)n2)cc1=O. The molecule has 0 aromatic carbocycles. The number of aromatic nitrogens is 2. The molecule has 2 heterocycles. The zero-order chi connectivity index (χ0) is 14.7. The van der Waals surface area contributed by atoms with Crippen LogP contribution in [-0.2, 0) is 7.05 Å². The Bertz CT molecular complexity index is 707. The molecule has 0 atom stereocenters. The van der Waals surface area contributed by atoms with Crippen molar-refractivity contribution in [2.45, 2.75) is 6.92 Å². The second kappa shape index (κ2) is 5.56. The minimum absolute atomic E-state index is 0.192. The number of aryl methyl sites for hydroxylation is 2. The van der Waals surface area contributed by atoms with Gasteiger partial charge < -0.3 is 14.6 Å². The summed E-state index contributed by atoms with van der Waals surface area (Å²) >= 11 is 0. The van der Waals surface area contributed by atoms with Gasteiger partial charge in [0.25, 0.3) is 5.91 Å². The second-order valence-electron chi connectivity index (χ2n) is 4.32. The molecule has 0 saturated carbocycles. The number of methoxy groups -OCH3 is 1. The van der Waals surface area contributed by atoms with Crippen molar-refractivity contribution in [1.29, 1.82) is 0 Å². The molecule has 6 heteroatoms.